The summed E-state index contributed by atoms with van der Waals surface area (Å²) in [4.78, 5) is 27.8. The van der Waals surface area contributed by atoms with Gasteiger partial charge in [0, 0.05) is 52.0 Å². The molecule has 156 valence electrons. The second-order valence-corrected chi connectivity index (χ2v) is 7.36. The van der Waals surface area contributed by atoms with Crippen molar-refractivity contribution in [3.8, 4) is 0 Å². The summed E-state index contributed by atoms with van der Waals surface area (Å²) in [7, 11) is 0. The van der Waals surface area contributed by atoms with Crippen molar-refractivity contribution in [2.45, 2.75) is 32.1 Å². The van der Waals surface area contributed by atoms with E-state index in [9.17, 15) is 9.59 Å². The van der Waals surface area contributed by atoms with Crippen molar-refractivity contribution in [3.63, 3.8) is 0 Å². The van der Waals surface area contributed by atoms with Crippen molar-refractivity contribution in [1.29, 1.82) is 0 Å². The van der Waals surface area contributed by atoms with Crippen LogP contribution in [-0.4, -0.2) is 87.4 Å². The Balaban J connectivity index is 1.30. The fourth-order valence-corrected chi connectivity index (χ4v) is 3.70. The molecule has 2 fully saturated rings. The van der Waals surface area contributed by atoms with Gasteiger partial charge in [-0.05, 0) is 25.0 Å². The van der Waals surface area contributed by atoms with Crippen LogP contribution < -0.4 is 5.32 Å². The number of aromatic nitrogens is 4. The molecule has 4 rings (SSSR count). The van der Waals surface area contributed by atoms with Gasteiger partial charge in [0.05, 0.1) is 13.2 Å². The number of likely N-dealkylation sites (tertiary alicyclic amines) is 1. The van der Waals surface area contributed by atoms with Crippen LogP contribution in [0.2, 0.25) is 0 Å². The highest BCUT2D eigenvalue weighted by atomic mass is 16.5. The third kappa shape index (κ3) is 4.81. The van der Waals surface area contributed by atoms with E-state index < -0.39 is 0 Å². The summed E-state index contributed by atoms with van der Waals surface area (Å²) in [6, 6.07) is 3.73. The molecular formula is C19H27N7O3. The van der Waals surface area contributed by atoms with E-state index in [0.29, 0.717) is 57.0 Å². The van der Waals surface area contributed by atoms with Crippen LogP contribution in [0.5, 0.6) is 0 Å². The maximum atomic E-state index is 12.4. The lowest BCUT2D eigenvalue weighted by atomic mass is 10.2. The van der Waals surface area contributed by atoms with Crippen LogP contribution in [0.1, 0.15) is 31.5 Å². The van der Waals surface area contributed by atoms with Crippen LogP contribution in [-0.2, 0) is 20.7 Å². The molecule has 2 amide bonds. The first-order chi connectivity index (χ1) is 14.2. The Morgan fingerprint density at radius 2 is 2.03 bits per heavy atom. The van der Waals surface area contributed by atoms with Crippen molar-refractivity contribution < 1.29 is 14.3 Å². The fourth-order valence-electron chi connectivity index (χ4n) is 3.70. The summed E-state index contributed by atoms with van der Waals surface area (Å²) >= 11 is 0. The lowest BCUT2D eigenvalue weighted by Crippen LogP contribution is -2.40. The number of morpholine rings is 1. The number of nitrogens with zero attached hydrogens (tertiary/aromatic N) is 6. The van der Waals surface area contributed by atoms with Crippen molar-refractivity contribution in [1.82, 2.24) is 29.6 Å². The number of hydrogen-bond acceptors (Lipinski definition) is 7. The first-order valence-electron chi connectivity index (χ1n) is 10.3. The van der Waals surface area contributed by atoms with Crippen LogP contribution in [0, 0.1) is 0 Å². The summed E-state index contributed by atoms with van der Waals surface area (Å²) < 4.78 is 6.98. The van der Waals surface area contributed by atoms with E-state index in [2.05, 4.69) is 20.6 Å². The van der Waals surface area contributed by atoms with E-state index in [0.717, 1.165) is 38.3 Å². The number of aryl methyl sites for hydroxylation is 1. The smallest absolute Gasteiger partial charge is 0.223 e. The molecule has 2 aliphatic heterocycles. The molecule has 0 radical (unpaired) electrons. The number of carbonyl (C=O) groups is 2. The van der Waals surface area contributed by atoms with Gasteiger partial charge in [0.1, 0.15) is 5.82 Å². The second-order valence-electron chi connectivity index (χ2n) is 7.36. The summed E-state index contributed by atoms with van der Waals surface area (Å²) in [5, 5.41) is 16.2. The van der Waals surface area contributed by atoms with E-state index in [-0.39, 0.29) is 11.8 Å². The van der Waals surface area contributed by atoms with Gasteiger partial charge >= 0.3 is 0 Å². The summed E-state index contributed by atoms with van der Waals surface area (Å²) in [6.45, 7) is 4.87. The van der Waals surface area contributed by atoms with Gasteiger partial charge < -0.3 is 19.9 Å². The Kier molecular flexibility index (Phi) is 6.18. The number of carbonyl (C=O) groups excluding carboxylic acids is 2. The minimum absolute atomic E-state index is 0.107. The highest BCUT2D eigenvalue weighted by Gasteiger charge is 2.19. The second kappa shape index (κ2) is 9.17. The number of rotatable bonds is 8. The Bertz CT molecular complexity index is 863. The molecule has 29 heavy (non-hydrogen) atoms. The lowest BCUT2D eigenvalue weighted by molar-refractivity contribution is -0.135. The summed E-state index contributed by atoms with van der Waals surface area (Å²) in [5.41, 5.74) is 0.659. The Labute approximate surface area is 169 Å². The van der Waals surface area contributed by atoms with Crippen LogP contribution in [0.15, 0.2) is 12.1 Å². The van der Waals surface area contributed by atoms with Crippen LogP contribution in [0.3, 0.4) is 0 Å². The molecule has 0 unspecified atom stereocenters. The molecule has 2 aromatic heterocycles. The van der Waals surface area contributed by atoms with Gasteiger partial charge in [-0.3, -0.25) is 9.59 Å². The summed E-state index contributed by atoms with van der Waals surface area (Å²) in [5.74, 6) is 1.76. The van der Waals surface area contributed by atoms with Crippen LogP contribution >= 0.6 is 0 Å². The van der Waals surface area contributed by atoms with Crippen molar-refractivity contribution in [2.75, 3.05) is 51.3 Å². The quantitative estimate of drug-likeness (QED) is 0.636. The van der Waals surface area contributed by atoms with Gasteiger partial charge in [-0.25, -0.2) is 0 Å². The molecule has 10 heteroatoms. The molecule has 0 bridgehead atoms. The third-order valence-corrected chi connectivity index (χ3v) is 5.34. The third-order valence-electron chi connectivity index (χ3n) is 5.34. The zero-order valence-electron chi connectivity index (χ0n) is 16.5. The van der Waals surface area contributed by atoms with E-state index >= 15 is 0 Å². The number of nitrogens with one attached hydrogen (secondary N) is 1. The number of anilines is 1. The highest BCUT2D eigenvalue weighted by molar-refractivity contribution is 5.78. The molecule has 10 nitrogen and oxygen atoms in total. The minimum atomic E-state index is 0.107. The zero-order valence-corrected chi connectivity index (χ0v) is 16.5. The number of fused-ring (bicyclic) bond motifs is 1. The SMILES string of the molecule is O=C1CCCN1CCCNc1ccc2nnc(CCC(=O)N3CCOCC3)n2n1. The normalized spacial score (nSPS) is 17.3. The number of amides is 2. The maximum Gasteiger partial charge on any atom is 0.223 e. The van der Waals surface area contributed by atoms with E-state index in [1.807, 2.05) is 21.9 Å². The Morgan fingerprint density at radius 3 is 2.83 bits per heavy atom. The van der Waals surface area contributed by atoms with Gasteiger partial charge in [-0.15, -0.1) is 15.3 Å². The predicted molar refractivity (Wildman–Crippen MR) is 105 cm³/mol. The molecule has 4 heterocycles. The predicted octanol–water partition coefficient (Wildman–Crippen LogP) is 0.340. The van der Waals surface area contributed by atoms with Gasteiger partial charge in [0.2, 0.25) is 11.8 Å². The van der Waals surface area contributed by atoms with E-state index in [4.69, 9.17) is 4.74 Å². The topological polar surface area (TPSA) is 105 Å². The highest BCUT2D eigenvalue weighted by Crippen LogP contribution is 2.12. The molecule has 0 atom stereocenters. The van der Waals surface area contributed by atoms with Crippen molar-refractivity contribution in [3.05, 3.63) is 18.0 Å². The van der Waals surface area contributed by atoms with Gasteiger partial charge in [-0.2, -0.15) is 4.52 Å². The first kappa shape index (κ1) is 19.6. The molecule has 2 aromatic rings. The summed E-state index contributed by atoms with van der Waals surface area (Å²) in [6.07, 6.45) is 3.38. The van der Waals surface area contributed by atoms with Crippen molar-refractivity contribution in [2.24, 2.45) is 0 Å². The zero-order chi connectivity index (χ0) is 20.1. The molecule has 0 saturated carbocycles. The molecule has 0 aromatic carbocycles. The van der Waals surface area contributed by atoms with E-state index in [1.165, 1.54) is 0 Å². The lowest BCUT2D eigenvalue weighted by Gasteiger charge is -2.26. The number of hydrogen-bond donors (Lipinski definition) is 1. The Morgan fingerprint density at radius 1 is 1.17 bits per heavy atom. The fraction of sp³-hybridized carbons (Fsp3) is 0.632. The average molecular weight is 401 g/mol. The first-order valence-corrected chi connectivity index (χ1v) is 10.3. The van der Waals surface area contributed by atoms with Crippen LogP contribution in [0.25, 0.3) is 5.65 Å². The maximum absolute atomic E-state index is 12.4. The number of ether oxygens (including phenoxy) is 1. The largest absolute Gasteiger partial charge is 0.378 e. The van der Waals surface area contributed by atoms with E-state index in [1.54, 1.807) is 4.52 Å². The van der Waals surface area contributed by atoms with Gasteiger partial charge in [0.15, 0.2) is 11.5 Å². The van der Waals surface area contributed by atoms with Crippen molar-refractivity contribution >= 4 is 23.3 Å². The molecule has 1 N–H and O–H groups in total. The molecule has 0 aliphatic carbocycles. The average Bonchev–Trinajstić information content (AvgIpc) is 3.35. The van der Waals surface area contributed by atoms with Gasteiger partial charge in [0.25, 0.3) is 0 Å². The molecular weight excluding hydrogens is 374 g/mol. The van der Waals surface area contributed by atoms with Crippen LogP contribution in [0.4, 0.5) is 5.82 Å². The molecule has 2 saturated heterocycles. The standard InChI is InChI=1S/C19H27N7O3/c27-18-3-1-9-24(18)10-2-8-20-15-4-5-16-21-22-17(26(16)23-15)6-7-19(28)25-11-13-29-14-12-25/h4-5H,1-3,6-14H2,(H,20,23). The van der Waals surface area contributed by atoms with Gasteiger partial charge in [-0.1, -0.05) is 0 Å². The monoisotopic (exact) mass is 401 g/mol. The Hall–Kier alpha value is -2.75. The minimum Gasteiger partial charge on any atom is -0.378 e. The molecule has 2 aliphatic rings. The molecule has 0 spiro atoms.